The molecule has 0 aliphatic heterocycles. The van der Waals surface area contributed by atoms with Gasteiger partial charge >= 0.3 is 5.97 Å². The second-order valence-corrected chi connectivity index (χ2v) is 4.80. The van der Waals surface area contributed by atoms with Crippen LogP contribution in [0.4, 0.5) is 0 Å². The predicted octanol–water partition coefficient (Wildman–Crippen LogP) is 1.66. The molecule has 0 aromatic carbocycles. The molecular weight excluding hydrogens is 294 g/mol. The number of aromatic nitrogens is 1. The van der Waals surface area contributed by atoms with E-state index in [-0.39, 0.29) is 6.42 Å². The number of hydrogen-bond donors (Lipinski definition) is 4. The Kier molecular flexibility index (Phi) is 9.91. The van der Waals surface area contributed by atoms with E-state index in [0.29, 0.717) is 17.3 Å². The lowest BCUT2D eigenvalue weighted by Crippen LogP contribution is -2.34. The average Bonchev–Trinajstić information content (AvgIpc) is 2.47. The number of nitrogens with zero attached hydrogens (tertiary/aromatic N) is 2. The third-order valence-electron chi connectivity index (χ3n) is 2.62. The highest BCUT2D eigenvalue weighted by Crippen LogP contribution is 2.11. The molecule has 6 N–H and O–H groups in total. The molecule has 0 bridgehead atoms. The monoisotopic (exact) mass is 315 g/mol. The molecule has 0 radical (unpaired) electrons. The lowest BCUT2D eigenvalue weighted by Gasteiger charge is -2.11. The molecule has 21 heavy (non-hydrogen) atoms. The number of hydrazine groups is 1. The summed E-state index contributed by atoms with van der Waals surface area (Å²) in [6, 6.07) is 3.70. The van der Waals surface area contributed by atoms with E-state index in [2.05, 4.69) is 15.5 Å². The molecule has 1 aromatic heterocycles. The van der Waals surface area contributed by atoms with Crippen LogP contribution in [0.1, 0.15) is 31.9 Å². The summed E-state index contributed by atoms with van der Waals surface area (Å²) in [6.45, 7) is 3.85. The molecule has 0 spiro atoms. The van der Waals surface area contributed by atoms with Crippen LogP contribution < -0.4 is 17.1 Å². The number of carbonyl (C=O) groups is 1. The fourth-order valence-corrected chi connectivity index (χ4v) is 1.61. The maximum Gasteiger partial charge on any atom is 0.306 e. The Balaban J connectivity index is 0.000000423. The highest BCUT2D eigenvalue weighted by atomic mass is 35.5. The lowest BCUT2D eigenvalue weighted by atomic mass is 10.00. The molecule has 118 valence electrons. The molecular formula is C13H22ClN5O2. The van der Waals surface area contributed by atoms with E-state index in [9.17, 15) is 4.79 Å². The quantitative estimate of drug-likeness (QED) is 0.283. The second kappa shape index (κ2) is 10.9. The predicted molar refractivity (Wildman–Crippen MR) is 83.6 cm³/mol. The van der Waals surface area contributed by atoms with E-state index in [0.717, 1.165) is 12.1 Å². The van der Waals surface area contributed by atoms with Crippen molar-refractivity contribution in [3.8, 4) is 0 Å². The number of amidine groups is 1. The van der Waals surface area contributed by atoms with Crippen molar-refractivity contribution in [2.45, 2.75) is 33.1 Å². The molecule has 0 amide bonds. The van der Waals surface area contributed by atoms with Gasteiger partial charge in [0.1, 0.15) is 5.84 Å². The van der Waals surface area contributed by atoms with Crippen LogP contribution in [0.5, 0.6) is 0 Å². The summed E-state index contributed by atoms with van der Waals surface area (Å²) >= 11 is 5.55. The Morgan fingerprint density at radius 3 is 2.57 bits per heavy atom. The number of nitrogens with two attached hydrogens (primary N) is 2. The van der Waals surface area contributed by atoms with Crippen LogP contribution in [-0.4, -0.2) is 21.9 Å². The van der Waals surface area contributed by atoms with Crippen molar-refractivity contribution in [2.75, 3.05) is 0 Å². The van der Waals surface area contributed by atoms with Gasteiger partial charge in [-0.25, -0.2) is 5.84 Å². The van der Waals surface area contributed by atoms with E-state index < -0.39 is 11.9 Å². The van der Waals surface area contributed by atoms with Gasteiger partial charge in [-0.15, -0.1) is 0 Å². The largest absolute Gasteiger partial charge is 0.481 e. The van der Waals surface area contributed by atoms with Crippen LogP contribution >= 0.6 is 11.6 Å². The number of nitrogens with one attached hydrogen (secondary N) is 1. The van der Waals surface area contributed by atoms with Gasteiger partial charge in [-0.2, -0.15) is 5.10 Å². The normalized spacial score (nSPS) is 12.1. The van der Waals surface area contributed by atoms with Crippen LogP contribution in [0.25, 0.3) is 0 Å². The van der Waals surface area contributed by atoms with Crippen LogP contribution in [0.2, 0.25) is 5.02 Å². The summed E-state index contributed by atoms with van der Waals surface area (Å²) in [5, 5.41) is 12.8. The molecule has 8 heteroatoms. The van der Waals surface area contributed by atoms with Gasteiger partial charge in [-0.05, 0) is 25.5 Å². The topological polar surface area (TPSA) is 127 Å². The molecule has 0 fully saturated rings. The highest BCUT2D eigenvalue weighted by Gasteiger charge is 2.18. The Bertz CT molecular complexity index is 429. The van der Waals surface area contributed by atoms with Crippen molar-refractivity contribution < 1.29 is 9.90 Å². The zero-order valence-corrected chi connectivity index (χ0v) is 13.0. The number of carboxylic acid groups (broad SMARTS) is 1. The summed E-state index contributed by atoms with van der Waals surface area (Å²) in [5.41, 5.74) is 3.25. The number of hydrazone groups is 1. The molecule has 1 rings (SSSR count). The lowest BCUT2D eigenvalue weighted by molar-refractivity contribution is -0.141. The number of aryl methyl sites for hydroxylation is 1. The second-order valence-electron chi connectivity index (χ2n) is 4.37. The van der Waals surface area contributed by atoms with Gasteiger partial charge in [0.15, 0.2) is 0 Å². The van der Waals surface area contributed by atoms with E-state index in [1.54, 1.807) is 6.20 Å². The minimum atomic E-state index is -0.849. The van der Waals surface area contributed by atoms with Crippen LogP contribution in [0.15, 0.2) is 23.4 Å². The molecule has 1 aromatic rings. The number of pyridine rings is 1. The van der Waals surface area contributed by atoms with Crippen LogP contribution in [-0.2, 0) is 4.79 Å². The molecule has 1 atom stereocenters. The van der Waals surface area contributed by atoms with E-state index in [1.165, 1.54) is 0 Å². The van der Waals surface area contributed by atoms with Gasteiger partial charge in [-0.1, -0.05) is 24.9 Å². The van der Waals surface area contributed by atoms with Crippen molar-refractivity contribution >= 4 is 23.4 Å². The van der Waals surface area contributed by atoms with Gasteiger partial charge in [-0.3, -0.25) is 9.78 Å². The first kappa shape index (κ1) is 19.1. The van der Waals surface area contributed by atoms with E-state index >= 15 is 0 Å². The molecule has 7 nitrogen and oxygen atoms in total. The number of rotatable bonds is 5. The Morgan fingerprint density at radius 1 is 1.57 bits per heavy atom. The van der Waals surface area contributed by atoms with Gasteiger partial charge in [0.05, 0.1) is 10.9 Å². The third kappa shape index (κ3) is 8.83. The summed E-state index contributed by atoms with van der Waals surface area (Å²) in [6.07, 6.45) is 3.28. The molecule has 0 saturated carbocycles. The summed E-state index contributed by atoms with van der Waals surface area (Å²) in [5.74, 6) is 9.04. The standard InChI is InChI=1S/C7H16N4O2.C6H6ClN/c1-2-3-5(7(12)13)4-6(10-8)11-9;1-5-2-3-6(7)4-8-5/h5H,2-4,8-9H2,1H3,(H,10,11)(H,12,13);2-4H,1H3. The minimum Gasteiger partial charge on any atom is -0.481 e. The first-order valence-electron chi connectivity index (χ1n) is 6.48. The summed E-state index contributed by atoms with van der Waals surface area (Å²) < 4.78 is 0. The highest BCUT2D eigenvalue weighted by molar-refractivity contribution is 6.30. The Morgan fingerprint density at radius 2 is 2.24 bits per heavy atom. The maximum atomic E-state index is 10.7. The molecule has 0 saturated heterocycles. The van der Waals surface area contributed by atoms with Crippen molar-refractivity contribution in [2.24, 2.45) is 22.7 Å². The smallest absolute Gasteiger partial charge is 0.306 e. The maximum absolute atomic E-state index is 10.7. The molecule has 0 aliphatic rings. The molecule has 1 heterocycles. The molecule has 0 aliphatic carbocycles. The van der Waals surface area contributed by atoms with Crippen molar-refractivity contribution in [3.05, 3.63) is 29.0 Å². The van der Waals surface area contributed by atoms with E-state index in [4.69, 9.17) is 28.4 Å². The minimum absolute atomic E-state index is 0.246. The molecule has 1 unspecified atom stereocenters. The zero-order chi connectivity index (χ0) is 16.3. The number of halogens is 1. The van der Waals surface area contributed by atoms with E-state index in [1.807, 2.05) is 26.0 Å². The summed E-state index contributed by atoms with van der Waals surface area (Å²) in [7, 11) is 0. The van der Waals surface area contributed by atoms with Gasteiger partial charge < -0.3 is 16.4 Å². The van der Waals surface area contributed by atoms with Crippen LogP contribution in [0, 0.1) is 12.8 Å². The fourth-order valence-electron chi connectivity index (χ4n) is 1.49. The van der Waals surface area contributed by atoms with Crippen molar-refractivity contribution in [1.82, 2.24) is 10.4 Å². The van der Waals surface area contributed by atoms with Crippen molar-refractivity contribution in [1.29, 1.82) is 0 Å². The first-order valence-corrected chi connectivity index (χ1v) is 6.86. The fraction of sp³-hybridized carbons (Fsp3) is 0.462. The SMILES string of the molecule is CCCC(C/C(=N/N)NN)C(=O)O.Cc1ccc(Cl)cn1. The summed E-state index contributed by atoms with van der Waals surface area (Å²) in [4.78, 5) is 14.6. The van der Waals surface area contributed by atoms with Crippen LogP contribution in [0.3, 0.4) is 0 Å². The van der Waals surface area contributed by atoms with Gasteiger partial charge in [0, 0.05) is 18.3 Å². The number of carboxylic acids is 1. The number of hydrogen-bond acceptors (Lipinski definition) is 5. The van der Waals surface area contributed by atoms with Gasteiger partial charge in [0.2, 0.25) is 0 Å². The van der Waals surface area contributed by atoms with Gasteiger partial charge in [0.25, 0.3) is 0 Å². The zero-order valence-electron chi connectivity index (χ0n) is 12.2. The van der Waals surface area contributed by atoms with Crippen molar-refractivity contribution in [3.63, 3.8) is 0 Å². The first-order chi connectivity index (χ1) is 9.94. The average molecular weight is 316 g/mol. The Hall–Kier alpha value is -1.86. The Labute approximate surface area is 129 Å². The third-order valence-corrected chi connectivity index (χ3v) is 2.85. The number of aliphatic carboxylic acids is 1.